The van der Waals surface area contributed by atoms with Crippen LogP contribution in [-0.4, -0.2) is 29.5 Å². The van der Waals surface area contributed by atoms with Crippen LogP contribution in [0.3, 0.4) is 0 Å². The zero-order valence-electron chi connectivity index (χ0n) is 11.2. The molecule has 3 aliphatic heterocycles. The molecule has 1 unspecified atom stereocenters. The monoisotopic (exact) mass is 258 g/mol. The summed E-state index contributed by atoms with van der Waals surface area (Å²) in [6.45, 7) is 5.77. The lowest BCUT2D eigenvalue weighted by atomic mass is 9.75. The van der Waals surface area contributed by atoms with Gasteiger partial charge in [0, 0.05) is 29.1 Å². The van der Waals surface area contributed by atoms with Gasteiger partial charge in [0.2, 0.25) is 0 Å². The molecule has 2 aromatic rings. The summed E-state index contributed by atoms with van der Waals surface area (Å²) in [5, 5.41) is 1.09. The Balaban J connectivity index is 1.86. The van der Waals surface area contributed by atoms with Gasteiger partial charge < -0.3 is 9.88 Å². The van der Waals surface area contributed by atoms with Gasteiger partial charge in [-0.2, -0.15) is 0 Å². The number of hydrogen-bond acceptors (Lipinski definition) is 1. The average molecular weight is 258 g/mol. The molecule has 3 fully saturated rings. The average Bonchev–Trinajstić information content (AvgIpc) is 2.75. The molecule has 2 bridgehead atoms. The molecular weight excluding hydrogens is 239 g/mol. The standard InChI is InChI=1S/C16H19FN2/c1-10-16(13-8-12(17)2-3-15(13)18-10)14-9-19-6-4-11(14)5-7-19/h2-3,8,11,14,18H,4-7,9H2,1H3. The van der Waals surface area contributed by atoms with Gasteiger partial charge in [-0.3, -0.25) is 0 Å². The number of benzene rings is 1. The summed E-state index contributed by atoms with van der Waals surface area (Å²) in [5.41, 5.74) is 3.66. The summed E-state index contributed by atoms with van der Waals surface area (Å²) in [6, 6.07) is 5.10. The lowest BCUT2D eigenvalue weighted by Gasteiger charge is -2.45. The largest absolute Gasteiger partial charge is 0.358 e. The van der Waals surface area contributed by atoms with E-state index in [-0.39, 0.29) is 5.82 Å². The molecule has 0 amide bonds. The van der Waals surface area contributed by atoms with Gasteiger partial charge in [0.25, 0.3) is 0 Å². The number of fused-ring (bicyclic) bond motifs is 4. The fourth-order valence-corrected chi connectivity index (χ4v) is 4.09. The van der Waals surface area contributed by atoms with Gasteiger partial charge in [0.15, 0.2) is 0 Å². The van der Waals surface area contributed by atoms with E-state index in [1.54, 1.807) is 12.1 Å². The quantitative estimate of drug-likeness (QED) is 0.830. The molecule has 19 heavy (non-hydrogen) atoms. The Morgan fingerprint density at radius 3 is 2.74 bits per heavy atom. The van der Waals surface area contributed by atoms with Crippen molar-refractivity contribution in [3.05, 3.63) is 35.3 Å². The topological polar surface area (TPSA) is 19.0 Å². The first-order chi connectivity index (χ1) is 9.22. The highest BCUT2D eigenvalue weighted by molar-refractivity contribution is 5.85. The van der Waals surface area contributed by atoms with Gasteiger partial charge in [0.05, 0.1) is 0 Å². The SMILES string of the molecule is Cc1[nH]c2ccc(F)cc2c1C1CN2CCC1CC2. The Hall–Kier alpha value is -1.35. The van der Waals surface area contributed by atoms with Crippen molar-refractivity contribution in [2.24, 2.45) is 5.92 Å². The normalized spacial score (nSPS) is 30.1. The zero-order valence-corrected chi connectivity index (χ0v) is 11.2. The Labute approximate surface area is 112 Å². The number of piperidine rings is 3. The van der Waals surface area contributed by atoms with Crippen LogP contribution in [-0.2, 0) is 0 Å². The first-order valence-electron chi connectivity index (χ1n) is 7.22. The van der Waals surface area contributed by atoms with E-state index in [0.29, 0.717) is 5.92 Å². The van der Waals surface area contributed by atoms with Crippen LogP contribution in [0.15, 0.2) is 18.2 Å². The van der Waals surface area contributed by atoms with Crippen molar-refractivity contribution in [2.75, 3.05) is 19.6 Å². The van der Waals surface area contributed by atoms with Gasteiger partial charge in [0.1, 0.15) is 5.82 Å². The maximum Gasteiger partial charge on any atom is 0.123 e. The molecule has 1 aromatic carbocycles. The first-order valence-corrected chi connectivity index (χ1v) is 7.22. The molecule has 2 nitrogen and oxygen atoms in total. The third kappa shape index (κ3) is 1.71. The highest BCUT2D eigenvalue weighted by atomic mass is 19.1. The van der Waals surface area contributed by atoms with Crippen molar-refractivity contribution in [3.63, 3.8) is 0 Å². The number of halogens is 1. The third-order valence-electron chi connectivity index (χ3n) is 5.02. The minimum Gasteiger partial charge on any atom is -0.358 e. The van der Waals surface area contributed by atoms with Gasteiger partial charge in [-0.05, 0) is 62.5 Å². The molecule has 3 aliphatic rings. The molecule has 100 valence electrons. The summed E-state index contributed by atoms with van der Waals surface area (Å²) < 4.78 is 13.6. The molecule has 3 saturated heterocycles. The molecule has 1 aromatic heterocycles. The van der Waals surface area contributed by atoms with E-state index in [4.69, 9.17) is 0 Å². The Morgan fingerprint density at radius 2 is 2.05 bits per heavy atom. The van der Waals surface area contributed by atoms with Crippen LogP contribution < -0.4 is 0 Å². The molecule has 1 N–H and O–H groups in total. The molecule has 0 spiro atoms. The Morgan fingerprint density at radius 1 is 1.26 bits per heavy atom. The van der Waals surface area contributed by atoms with Crippen molar-refractivity contribution >= 4 is 10.9 Å². The zero-order chi connectivity index (χ0) is 13.0. The van der Waals surface area contributed by atoms with Gasteiger partial charge in [-0.15, -0.1) is 0 Å². The van der Waals surface area contributed by atoms with Crippen LogP contribution in [0.4, 0.5) is 4.39 Å². The summed E-state index contributed by atoms with van der Waals surface area (Å²) in [5.74, 6) is 1.23. The highest BCUT2D eigenvalue weighted by Gasteiger charge is 2.36. The number of hydrogen-bond donors (Lipinski definition) is 1. The number of rotatable bonds is 1. The molecule has 5 rings (SSSR count). The van der Waals surface area contributed by atoms with Crippen LogP contribution >= 0.6 is 0 Å². The molecule has 0 aliphatic carbocycles. The molecule has 0 radical (unpaired) electrons. The van der Waals surface area contributed by atoms with E-state index >= 15 is 0 Å². The van der Waals surface area contributed by atoms with Crippen LogP contribution in [0.2, 0.25) is 0 Å². The van der Waals surface area contributed by atoms with E-state index in [0.717, 1.165) is 23.4 Å². The second-order valence-corrected chi connectivity index (χ2v) is 6.10. The lowest BCUT2D eigenvalue weighted by Crippen LogP contribution is -2.46. The second kappa shape index (κ2) is 4.07. The molecule has 0 saturated carbocycles. The predicted molar refractivity (Wildman–Crippen MR) is 74.9 cm³/mol. The number of nitrogens with one attached hydrogen (secondary N) is 1. The van der Waals surface area contributed by atoms with E-state index in [9.17, 15) is 4.39 Å². The highest BCUT2D eigenvalue weighted by Crippen LogP contribution is 2.42. The third-order valence-corrected chi connectivity index (χ3v) is 5.02. The minimum absolute atomic E-state index is 0.131. The maximum absolute atomic E-state index is 13.6. The fraction of sp³-hybridized carbons (Fsp3) is 0.500. The van der Waals surface area contributed by atoms with Gasteiger partial charge in [-0.1, -0.05) is 0 Å². The van der Waals surface area contributed by atoms with E-state index < -0.39 is 0 Å². The van der Waals surface area contributed by atoms with Gasteiger partial charge in [-0.25, -0.2) is 4.39 Å². The second-order valence-electron chi connectivity index (χ2n) is 6.10. The van der Waals surface area contributed by atoms with Crippen LogP contribution in [0.1, 0.15) is 30.0 Å². The first kappa shape index (κ1) is 11.5. The van der Waals surface area contributed by atoms with Gasteiger partial charge >= 0.3 is 0 Å². The summed E-state index contributed by atoms with van der Waals surface area (Å²) >= 11 is 0. The predicted octanol–water partition coefficient (Wildman–Crippen LogP) is 3.42. The molecule has 4 heterocycles. The summed E-state index contributed by atoms with van der Waals surface area (Å²) in [4.78, 5) is 5.98. The number of aryl methyl sites for hydroxylation is 1. The van der Waals surface area contributed by atoms with Crippen LogP contribution in [0.5, 0.6) is 0 Å². The molecule has 3 heteroatoms. The Bertz CT molecular complexity index is 623. The smallest absolute Gasteiger partial charge is 0.123 e. The van der Waals surface area contributed by atoms with Crippen molar-refractivity contribution in [1.82, 2.24) is 9.88 Å². The number of H-pyrrole nitrogens is 1. The fourth-order valence-electron chi connectivity index (χ4n) is 4.09. The number of aromatic amines is 1. The van der Waals surface area contributed by atoms with Crippen molar-refractivity contribution in [3.8, 4) is 0 Å². The van der Waals surface area contributed by atoms with E-state index in [1.165, 1.54) is 37.2 Å². The van der Waals surface area contributed by atoms with Crippen LogP contribution in [0, 0.1) is 18.7 Å². The summed E-state index contributed by atoms with van der Waals surface area (Å²) in [6.07, 6.45) is 2.60. The minimum atomic E-state index is -0.131. The maximum atomic E-state index is 13.6. The van der Waals surface area contributed by atoms with Crippen molar-refractivity contribution < 1.29 is 4.39 Å². The van der Waals surface area contributed by atoms with Crippen molar-refractivity contribution in [1.29, 1.82) is 0 Å². The molecular formula is C16H19FN2. The summed E-state index contributed by atoms with van der Waals surface area (Å²) in [7, 11) is 0. The number of nitrogens with zero attached hydrogens (tertiary/aromatic N) is 1. The lowest BCUT2D eigenvalue weighted by molar-refractivity contribution is 0.0874. The van der Waals surface area contributed by atoms with E-state index in [1.807, 2.05) is 6.07 Å². The molecule has 1 atom stereocenters. The van der Waals surface area contributed by atoms with Crippen molar-refractivity contribution in [2.45, 2.75) is 25.7 Å². The Kier molecular flexibility index (Phi) is 2.46. The van der Waals surface area contributed by atoms with E-state index in [2.05, 4.69) is 16.8 Å². The van der Waals surface area contributed by atoms with Crippen LogP contribution in [0.25, 0.3) is 10.9 Å². The number of aromatic nitrogens is 1.